The number of sulfonamides is 1. The van der Waals surface area contributed by atoms with Crippen LogP contribution in [0.15, 0.2) is 76.5 Å². The Labute approximate surface area is 323 Å². The minimum Gasteiger partial charge on any atom is -0.508 e. The van der Waals surface area contributed by atoms with Crippen LogP contribution in [-0.4, -0.2) is 67.4 Å². The lowest BCUT2D eigenvalue weighted by Gasteiger charge is -2.37. The minimum absolute atomic E-state index is 0.0225. The maximum Gasteiger partial charge on any atom is 0.326 e. The number of fused-ring (bicyclic) bond motifs is 1. The lowest BCUT2D eigenvalue weighted by Crippen LogP contribution is -2.53. The van der Waals surface area contributed by atoms with E-state index in [0.29, 0.717) is 35.5 Å². The number of unbranched alkanes of at least 4 members (excludes halogenated alkanes) is 2. The quantitative estimate of drug-likeness (QED) is 0.0906. The Morgan fingerprint density at radius 3 is 2.17 bits per heavy atom. The number of para-hydroxylation sites is 1. The summed E-state index contributed by atoms with van der Waals surface area (Å²) in [6, 6.07) is 16.0. The summed E-state index contributed by atoms with van der Waals surface area (Å²) >= 11 is 1.34. The van der Waals surface area contributed by atoms with Crippen molar-refractivity contribution in [2.45, 2.75) is 107 Å². The van der Waals surface area contributed by atoms with Crippen LogP contribution in [0.1, 0.15) is 91.2 Å². The molecule has 0 saturated carbocycles. The first kappa shape index (κ1) is 42.5. The molecule has 2 atom stereocenters. The molecular weight excluding hydrogens is 729 g/mol. The molecule has 0 fully saturated rings. The van der Waals surface area contributed by atoms with Gasteiger partial charge in [-0.15, -0.1) is 11.8 Å². The number of phenolic OH excluding ortho intramolecular Hbond substituents is 1. The SMILES string of the molecule is CCCCC1(CCCC)CN(c2ccccc2)c2cc(SC)c(OCC(=O)NC(C(=O)NC(CC(C)(C)C)C(=O)O)c3ccc(O)cc3)cc2S(=O)(=O)N1. The topological polar surface area (TPSA) is 174 Å². The molecule has 54 heavy (non-hydrogen) atoms. The summed E-state index contributed by atoms with van der Waals surface area (Å²) in [6.07, 6.45) is 6.83. The first-order valence-electron chi connectivity index (χ1n) is 18.3. The second kappa shape index (κ2) is 18.4. The molecule has 3 aromatic rings. The standard InChI is InChI=1S/C40H54N4O8S2/c1-7-9-20-40(21-10-8-2)26-44(28-14-12-11-13-15-28)31-22-33(53-6)32(23-34(31)54(50,51)43-40)52-25-35(46)42-36(27-16-18-29(45)19-17-27)37(47)41-30(38(48)49)24-39(3,4)5/h11-19,22-23,30,36,43,45H,7-10,20-21,24-26H2,1-6H3,(H,41,47)(H,42,46)(H,48,49). The number of carbonyl (C=O) groups excluding carboxylic acids is 2. The van der Waals surface area contributed by atoms with E-state index in [0.717, 1.165) is 31.4 Å². The van der Waals surface area contributed by atoms with Gasteiger partial charge in [-0.05, 0) is 66.8 Å². The summed E-state index contributed by atoms with van der Waals surface area (Å²) in [7, 11) is -4.08. The van der Waals surface area contributed by atoms with Gasteiger partial charge in [0.2, 0.25) is 15.9 Å². The van der Waals surface area contributed by atoms with E-state index in [1.165, 1.54) is 42.1 Å². The number of benzene rings is 3. The number of carbonyl (C=O) groups is 3. The van der Waals surface area contributed by atoms with Crippen molar-refractivity contribution in [2.75, 3.05) is 24.3 Å². The zero-order valence-electron chi connectivity index (χ0n) is 32.0. The number of amides is 2. The Hall–Kier alpha value is -4.27. The number of anilines is 2. The van der Waals surface area contributed by atoms with E-state index in [2.05, 4.69) is 34.1 Å². The Bertz CT molecular complexity index is 1860. The van der Waals surface area contributed by atoms with Crippen molar-refractivity contribution in [1.29, 1.82) is 0 Å². The van der Waals surface area contributed by atoms with Gasteiger partial charge in [-0.25, -0.2) is 17.9 Å². The van der Waals surface area contributed by atoms with Crippen molar-refractivity contribution in [3.8, 4) is 11.5 Å². The number of rotatable bonds is 17. The van der Waals surface area contributed by atoms with Crippen LogP contribution in [0, 0.1) is 5.41 Å². The largest absolute Gasteiger partial charge is 0.508 e. The zero-order chi connectivity index (χ0) is 39.7. The molecule has 3 aromatic carbocycles. The summed E-state index contributed by atoms with van der Waals surface area (Å²) in [5.74, 6) is -2.56. The average Bonchev–Trinajstić information content (AvgIpc) is 3.22. The third-order valence-electron chi connectivity index (χ3n) is 9.31. The molecule has 0 aliphatic carbocycles. The monoisotopic (exact) mass is 782 g/mol. The number of carboxylic acid groups (broad SMARTS) is 1. The molecule has 4 rings (SSSR count). The molecule has 2 unspecified atom stereocenters. The molecule has 0 saturated heterocycles. The van der Waals surface area contributed by atoms with E-state index < -0.39 is 57.5 Å². The first-order chi connectivity index (χ1) is 25.5. The Morgan fingerprint density at radius 2 is 1.61 bits per heavy atom. The number of phenols is 1. The number of nitrogens with one attached hydrogen (secondary N) is 3. The van der Waals surface area contributed by atoms with Crippen LogP contribution in [-0.2, 0) is 24.4 Å². The molecule has 0 aromatic heterocycles. The number of ether oxygens (including phenoxy) is 1. The number of hydrogen-bond acceptors (Lipinski definition) is 9. The van der Waals surface area contributed by atoms with E-state index >= 15 is 0 Å². The fraction of sp³-hybridized carbons (Fsp3) is 0.475. The summed E-state index contributed by atoms with van der Waals surface area (Å²) in [5, 5.41) is 24.9. The number of hydrogen-bond donors (Lipinski definition) is 5. The van der Waals surface area contributed by atoms with E-state index in [1.54, 1.807) is 6.07 Å². The van der Waals surface area contributed by atoms with E-state index in [-0.39, 0.29) is 22.8 Å². The molecule has 0 bridgehead atoms. The fourth-order valence-electron chi connectivity index (χ4n) is 6.62. The van der Waals surface area contributed by atoms with Gasteiger partial charge in [-0.3, -0.25) is 9.59 Å². The highest BCUT2D eigenvalue weighted by Gasteiger charge is 2.42. The van der Waals surface area contributed by atoms with Crippen molar-refractivity contribution >= 4 is 50.9 Å². The van der Waals surface area contributed by atoms with Gasteiger partial charge in [0.15, 0.2) is 6.61 Å². The molecule has 294 valence electrons. The maximum atomic E-state index is 14.3. The van der Waals surface area contributed by atoms with E-state index in [1.807, 2.05) is 57.4 Å². The molecule has 14 heteroatoms. The van der Waals surface area contributed by atoms with Crippen molar-refractivity contribution in [1.82, 2.24) is 15.4 Å². The Balaban J connectivity index is 1.68. The fourth-order valence-corrected chi connectivity index (χ4v) is 8.83. The molecule has 0 radical (unpaired) electrons. The molecule has 1 aliphatic heterocycles. The first-order valence-corrected chi connectivity index (χ1v) is 21.0. The third kappa shape index (κ3) is 11.1. The van der Waals surface area contributed by atoms with Crippen LogP contribution in [0.5, 0.6) is 11.5 Å². The molecule has 1 aliphatic rings. The van der Waals surface area contributed by atoms with Gasteiger partial charge in [0, 0.05) is 18.3 Å². The van der Waals surface area contributed by atoms with Crippen LogP contribution in [0.25, 0.3) is 0 Å². The van der Waals surface area contributed by atoms with Crippen LogP contribution in [0.2, 0.25) is 0 Å². The van der Waals surface area contributed by atoms with Gasteiger partial charge in [0.1, 0.15) is 28.5 Å². The summed E-state index contributed by atoms with van der Waals surface area (Å²) in [6.45, 7) is 9.59. The van der Waals surface area contributed by atoms with Gasteiger partial charge in [0.05, 0.1) is 16.1 Å². The summed E-state index contributed by atoms with van der Waals surface area (Å²) in [5.41, 5.74) is 0.508. The highest BCUT2D eigenvalue weighted by atomic mass is 32.2. The predicted octanol–water partition coefficient (Wildman–Crippen LogP) is 6.91. The molecule has 12 nitrogen and oxygen atoms in total. The highest BCUT2D eigenvalue weighted by molar-refractivity contribution is 7.98. The molecule has 1 heterocycles. The molecule has 2 amide bonds. The van der Waals surface area contributed by atoms with E-state index in [9.17, 15) is 33.0 Å². The minimum atomic E-state index is -4.08. The Morgan fingerprint density at radius 1 is 0.981 bits per heavy atom. The van der Waals surface area contributed by atoms with Gasteiger partial charge in [-0.1, -0.05) is 90.6 Å². The van der Waals surface area contributed by atoms with Gasteiger partial charge < -0.3 is 30.5 Å². The number of thioether (sulfide) groups is 1. The molecule has 0 spiro atoms. The number of carboxylic acids is 1. The maximum absolute atomic E-state index is 14.3. The van der Waals surface area contributed by atoms with Crippen LogP contribution in [0.3, 0.4) is 0 Å². The lowest BCUT2D eigenvalue weighted by atomic mass is 9.87. The predicted molar refractivity (Wildman–Crippen MR) is 212 cm³/mol. The Kier molecular flexibility index (Phi) is 14.5. The van der Waals surface area contributed by atoms with Crippen molar-refractivity contribution in [3.63, 3.8) is 0 Å². The van der Waals surface area contributed by atoms with Gasteiger partial charge in [0.25, 0.3) is 5.91 Å². The number of nitrogens with zero attached hydrogens (tertiary/aromatic N) is 1. The van der Waals surface area contributed by atoms with Crippen molar-refractivity contribution < 1.29 is 37.8 Å². The lowest BCUT2D eigenvalue weighted by molar-refractivity contribution is -0.143. The van der Waals surface area contributed by atoms with Crippen LogP contribution < -0.4 is 25.0 Å². The molecular formula is C40H54N4O8S2. The zero-order valence-corrected chi connectivity index (χ0v) is 33.6. The van der Waals surface area contributed by atoms with Gasteiger partial charge in [-0.2, -0.15) is 0 Å². The van der Waals surface area contributed by atoms with E-state index in [4.69, 9.17) is 4.74 Å². The van der Waals surface area contributed by atoms with Crippen LogP contribution >= 0.6 is 11.8 Å². The van der Waals surface area contributed by atoms with Crippen LogP contribution in [0.4, 0.5) is 11.4 Å². The van der Waals surface area contributed by atoms with Crippen molar-refractivity contribution in [3.05, 3.63) is 72.3 Å². The number of aliphatic carboxylic acids is 1. The van der Waals surface area contributed by atoms with Crippen molar-refractivity contribution in [2.24, 2.45) is 5.41 Å². The second-order valence-electron chi connectivity index (χ2n) is 15.0. The molecule has 5 N–H and O–H groups in total. The average molecular weight is 783 g/mol. The second-order valence-corrected chi connectivity index (χ2v) is 17.5. The summed E-state index contributed by atoms with van der Waals surface area (Å²) < 4.78 is 37.8. The number of aromatic hydroxyl groups is 1. The smallest absolute Gasteiger partial charge is 0.326 e. The normalized spacial score (nSPS) is 16.0. The van der Waals surface area contributed by atoms with Gasteiger partial charge >= 0.3 is 5.97 Å². The highest BCUT2D eigenvalue weighted by Crippen LogP contribution is 2.44. The third-order valence-corrected chi connectivity index (χ3v) is 11.7. The summed E-state index contributed by atoms with van der Waals surface area (Å²) in [4.78, 5) is 41.8.